The Morgan fingerprint density at radius 2 is 2.14 bits per heavy atom. The molecule has 2 aromatic rings. The lowest BCUT2D eigenvalue weighted by Crippen LogP contribution is -2.04. The van der Waals surface area contributed by atoms with Crippen molar-refractivity contribution >= 4 is 17.3 Å². The number of nitrogens with one attached hydrogen (secondary N) is 1. The third-order valence-corrected chi connectivity index (χ3v) is 3.50. The summed E-state index contributed by atoms with van der Waals surface area (Å²) in [5, 5.41) is 9.59. The summed E-state index contributed by atoms with van der Waals surface area (Å²) in [4.78, 5) is 24.8. The standard InChI is InChI=1S/C14H15NO5S/c1-3-19-11-6-9(4-5-10(11)20-8(2)16)7-12-13(17)15-14(18)21-12/h4-6,17H,3,7H2,1-2H3,(H,15,18). The fourth-order valence-corrected chi connectivity index (χ4v) is 2.59. The molecule has 0 spiro atoms. The second-order valence-corrected chi connectivity index (χ2v) is 5.34. The van der Waals surface area contributed by atoms with Gasteiger partial charge in [0.05, 0.1) is 11.5 Å². The van der Waals surface area contributed by atoms with Crippen LogP contribution >= 0.6 is 11.3 Å². The zero-order valence-electron chi connectivity index (χ0n) is 11.6. The molecule has 0 unspecified atom stereocenters. The number of aromatic nitrogens is 1. The lowest BCUT2D eigenvalue weighted by atomic mass is 10.1. The number of H-pyrrole nitrogens is 1. The van der Waals surface area contributed by atoms with Crippen molar-refractivity contribution in [2.24, 2.45) is 0 Å². The van der Waals surface area contributed by atoms with Crippen LogP contribution in [0.3, 0.4) is 0 Å². The Hall–Kier alpha value is -2.28. The molecule has 112 valence electrons. The number of hydrogen-bond donors (Lipinski definition) is 2. The van der Waals surface area contributed by atoms with Crippen LogP contribution in [0, 0.1) is 0 Å². The minimum absolute atomic E-state index is 0.118. The van der Waals surface area contributed by atoms with Gasteiger partial charge in [0.25, 0.3) is 0 Å². The molecule has 0 atom stereocenters. The summed E-state index contributed by atoms with van der Waals surface area (Å²) in [5.74, 6) is 0.254. The Labute approximate surface area is 125 Å². The summed E-state index contributed by atoms with van der Waals surface area (Å²) in [6.07, 6.45) is 0.385. The molecule has 0 aliphatic heterocycles. The monoisotopic (exact) mass is 309 g/mol. The molecule has 0 saturated carbocycles. The van der Waals surface area contributed by atoms with Gasteiger partial charge in [0.1, 0.15) is 0 Å². The van der Waals surface area contributed by atoms with Crippen LogP contribution in [-0.4, -0.2) is 22.7 Å². The van der Waals surface area contributed by atoms with Crippen LogP contribution in [0.5, 0.6) is 17.4 Å². The first kappa shape index (κ1) is 15.1. The minimum Gasteiger partial charge on any atom is -0.494 e. The molecule has 21 heavy (non-hydrogen) atoms. The van der Waals surface area contributed by atoms with Crippen LogP contribution in [0.15, 0.2) is 23.0 Å². The molecule has 1 heterocycles. The molecular formula is C14H15NO5S. The quantitative estimate of drug-likeness (QED) is 0.652. The number of carbonyl (C=O) groups excluding carboxylic acids is 1. The summed E-state index contributed by atoms with van der Waals surface area (Å²) in [5.41, 5.74) is 0.833. The van der Waals surface area contributed by atoms with Crippen LogP contribution in [0.4, 0.5) is 0 Å². The van der Waals surface area contributed by atoms with Crippen LogP contribution in [0.25, 0.3) is 0 Å². The van der Waals surface area contributed by atoms with Gasteiger partial charge < -0.3 is 14.6 Å². The first-order valence-electron chi connectivity index (χ1n) is 6.34. The van der Waals surface area contributed by atoms with Gasteiger partial charge in [-0.15, -0.1) is 0 Å². The normalized spacial score (nSPS) is 10.4. The topological polar surface area (TPSA) is 88.6 Å². The molecule has 0 aliphatic rings. The van der Waals surface area contributed by atoms with Crippen molar-refractivity contribution in [3.63, 3.8) is 0 Å². The van der Waals surface area contributed by atoms with Gasteiger partial charge >= 0.3 is 10.8 Å². The number of esters is 1. The zero-order valence-corrected chi connectivity index (χ0v) is 12.5. The van der Waals surface area contributed by atoms with Crippen molar-refractivity contribution in [2.45, 2.75) is 20.3 Å². The summed E-state index contributed by atoms with van der Waals surface area (Å²) in [6.45, 7) is 3.58. The molecule has 0 aliphatic carbocycles. The van der Waals surface area contributed by atoms with Gasteiger partial charge in [-0.25, -0.2) is 0 Å². The van der Waals surface area contributed by atoms with Crippen molar-refractivity contribution < 1.29 is 19.4 Å². The molecule has 1 aromatic heterocycles. The maximum absolute atomic E-state index is 11.2. The van der Waals surface area contributed by atoms with Crippen molar-refractivity contribution in [1.82, 2.24) is 4.98 Å². The molecule has 0 fully saturated rings. The number of ether oxygens (including phenoxy) is 2. The Bertz CT molecular complexity index is 704. The number of carbonyl (C=O) groups is 1. The number of hydrogen-bond acceptors (Lipinski definition) is 6. The average Bonchev–Trinajstić information content (AvgIpc) is 2.71. The first-order chi connectivity index (χ1) is 9.99. The number of aromatic hydroxyl groups is 1. The van der Waals surface area contributed by atoms with E-state index in [4.69, 9.17) is 9.47 Å². The molecule has 2 N–H and O–H groups in total. The lowest BCUT2D eigenvalue weighted by Gasteiger charge is -2.11. The van der Waals surface area contributed by atoms with Crippen molar-refractivity contribution in [1.29, 1.82) is 0 Å². The maximum Gasteiger partial charge on any atom is 0.308 e. The van der Waals surface area contributed by atoms with E-state index in [1.807, 2.05) is 6.92 Å². The SMILES string of the molecule is CCOc1cc(Cc2sc(=O)[nH]c2O)ccc1OC(C)=O. The predicted octanol–water partition coefficient (Wildman–Crippen LogP) is 2.06. The van der Waals surface area contributed by atoms with E-state index in [1.54, 1.807) is 18.2 Å². The fraction of sp³-hybridized carbons (Fsp3) is 0.286. The molecule has 2 rings (SSSR count). The van der Waals surface area contributed by atoms with E-state index in [0.717, 1.165) is 16.9 Å². The Kier molecular flexibility index (Phi) is 4.64. The third kappa shape index (κ3) is 3.85. The Balaban J connectivity index is 2.28. The average molecular weight is 309 g/mol. The summed E-state index contributed by atoms with van der Waals surface area (Å²) < 4.78 is 10.5. The van der Waals surface area contributed by atoms with Gasteiger partial charge in [-0.05, 0) is 24.6 Å². The van der Waals surface area contributed by atoms with Crippen molar-refractivity contribution in [3.05, 3.63) is 38.3 Å². The van der Waals surface area contributed by atoms with Gasteiger partial charge in [0, 0.05) is 13.3 Å². The van der Waals surface area contributed by atoms with Crippen molar-refractivity contribution in [2.75, 3.05) is 6.61 Å². The van der Waals surface area contributed by atoms with Gasteiger partial charge in [-0.1, -0.05) is 17.4 Å². The largest absolute Gasteiger partial charge is 0.494 e. The second-order valence-electron chi connectivity index (χ2n) is 4.27. The van der Waals surface area contributed by atoms with E-state index < -0.39 is 5.97 Å². The van der Waals surface area contributed by atoms with Crippen molar-refractivity contribution in [3.8, 4) is 17.4 Å². The van der Waals surface area contributed by atoms with E-state index in [0.29, 0.717) is 29.4 Å². The first-order valence-corrected chi connectivity index (χ1v) is 7.16. The number of aromatic amines is 1. The van der Waals surface area contributed by atoms with E-state index in [1.165, 1.54) is 6.92 Å². The number of rotatable bonds is 5. The summed E-state index contributed by atoms with van der Waals surface area (Å²) in [7, 11) is 0. The highest BCUT2D eigenvalue weighted by atomic mass is 32.1. The van der Waals surface area contributed by atoms with Crippen LogP contribution in [0.1, 0.15) is 24.3 Å². The highest BCUT2D eigenvalue weighted by molar-refractivity contribution is 7.09. The number of benzene rings is 1. The highest BCUT2D eigenvalue weighted by Crippen LogP contribution is 2.30. The van der Waals surface area contributed by atoms with Gasteiger partial charge in [-0.2, -0.15) is 0 Å². The predicted molar refractivity (Wildman–Crippen MR) is 78.3 cm³/mol. The molecule has 7 heteroatoms. The Morgan fingerprint density at radius 1 is 1.38 bits per heavy atom. The van der Waals surface area contributed by atoms with Gasteiger partial charge in [0.2, 0.25) is 5.88 Å². The van der Waals surface area contributed by atoms with Crippen LogP contribution in [-0.2, 0) is 11.2 Å². The van der Waals surface area contributed by atoms with E-state index in [9.17, 15) is 14.7 Å². The lowest BCUT2D eigenvalue weighted by molar-refractivity contribution is -0.132. The molecule has 1 aromatic carbocycles. The summed E-state index contributed by atoms with van der Waals surface area (Å²) in [6, 6.07) is 5.12. The number of thiazole rings is 1. The molecule has 0 amide bonds. The summed E-state index contributed by atoms with van der Waals surface area (Å²) >= 11 is 0.956. The fourth-order valence-electron chi connectivity index (χ4n) is 1.83. The van der Waals surface area contributed by atoms with Gasteiger partial charge in [0.15, 0.2) is 11.5 Å². The van der Waals surface area contributed by atoms with Crippen LogP contribution in [0.2, 0.25) is 0 Å². The molecule has 6 nitrogen and oxygen atoms in total. The highest BCUT2D eigenvalue weighted by Gasteiger charge is 2.12. The van der Waals surface area contributed by atoms with E-state index >= 15 is 0 Å². The minimum atomic E-state index is -0.426. The Morgan fingerprint density at radius 3 is 2.71 bits per heavy atom. The maximum atomic E-state index is 11.2. The van der Waals surface area contributed by atoms with E-state index in [2.05, 4.69) is 4.98 Å². The zero-order chi connectivity index (χ0) is 15.4. The second kappa shape index (κ2) is 6.45. The van der Waals surface area contributed by atoms with Gasteiger partial charge in [-0.3, -0.25) is 14.6 Å². The molecular weight excluding hydrogens is 294 g/mol. The third-order valence-electron chi connectivity index (χ3n) is 2.63. The molecule has 0 bridgehead atoms. The van der Waals surface area contributed by atoms with Crippen LogP contribution < -0.4 is 14.3 Å². The van der Waals surface area contributed by atoms with E-state index in [-0.39, 0.29) is 10.8 Å². The molecule has 0 radical (unpaired) electrons. The molecule has 0 saturated heterocycles. The smallest absolute Gasteiger partial charge is 0.308 e.